The molecule has 0 saturated carbocycles. The Morgan fingerprint density at radius 2 is 1.03 bits per heavy atom. The van der Waals surface area contributed by atoms with E-state index in [1.165, 1.54) is 80.7 Å². The first-order valence-electron chi connectivity index (χ1n) is 20.6. The summed E-state index contributed by atoms with van der Waals surface area (Å²) in [7, 11) is 0. The van der Waals surface area contributed by atoms with Crippen molar-refractivity contribution in [3.8, 4) is 67.3 Å². The van der Waals surface area contributed by atoms with Crippen molar-refractivity contribution in [1.29, 1.82) is 0 Å². The van der Waals surface area contributed by atoms with Crippen LogP contribution in [0.15, 0.2) is 194 Å². The fourth-order valence-corrected chi connectivity index (χ4v) is 10.9. The van der Waals surface area contributed by atoms with Crippen molar-refractivity contribution in [3.63, 3.8) is 0 Å². The molecule has 1 aliphatic rings. The number of fused-ring (bicyclic) bond motifs is 9. The van der Waals surface area contributed by atoms with E-state index in [0.29, 0.717) is 5.82 Å². The predicted octanol–water partition coefficient (Wildman–Crippen LogP) is 15.8. The highest BCUT2D eigenvalue weighted by molar-refractivity contribution is 7.26. The summed E-state index contributed by atoms with van der Waals surface area (Å²) < 4.78 is 2.59. The Kier molecular flexibility index (Phi) is 7.79. The molecule has 0 bridgehead atoms. The molecule has 0 amide bonds. The zero-order chi connectivity index (χ0) is 40.0. The molecule has 60 heavy (non-hydrogen) atoms. The summed E-state index contributed by atoms with van der Waals surface area (Å²) in [5, 5.41) is 7.64. The van der Waals surface area contributed by atoms with Crippen molar-refractivity contribution in [1.82, 2.24) is 9.97 Å². The van der Waals surface area contributed by atoms with Gasteiger partial charge in [0.25, 0.3) is 0 Å². The Morgan fingerprint density at radius 1 is 0.383 bits per heavy atom. The maximum atomic E-state index is 5.38. The minimum Gasteiger partial charge on any atom is -0.228 e. The van der Waals surface area contributed by atoms with Gasteiger partial charge in [-0.1, -0.05) is 166 Å². The van der Waals surface area contributed by atoms with Crippen molar-refractivity contribution in [2.75, 3.05) is 0 Å². The van der Waals surface area contributed by atoms with Crippen LogP contribution in [0.5, 0.6) is 0 Å². The topological polar surface area (TPSA) is 25.8 Å². The zero-order valence-corrected chi connectivity index (χ0v) is 34.1. The summed E-state index contributed by atoms with van der Waals surface area (Å²) in [4.78, 5) is 10.7. The molecular formula is C57H38N2S. The maximum Gasteiger partial charge on any atom is 0.160 e. The SMILES string of the molecule is CC1(C)c2cc(-c3cc(-c4cc(-c5ccc6ccccc6c5)cc(-c5cccc6c5sc5ccccc56)c4)nc(-c4ccccc4)n3)ccc2-c2ccc3ccccc3c21. The third-order valence-electron chi connectivity index (χ3n) is 12.6. The van der Waals surface area contributed by atoms with Gasteiger partial charge in [0.15, 0.2) is 5.82 Å². The summed E-state index contributed by atoms with van der Waals surface area (Å²) in [5.41, 5.74) is 14.8. The van der Waals surface area contributed by atoms with Crippen LogP contribution in [-0.2, 0) is 5.41 Å². The third-order valence-corrected chi connectivity index (χ3v) is 13.8. The van der Waals surface area contributed by atoms with Crippen LogP contribution in [0.4, 0.5) is 0 Å². The second-order valence-electron chi connectivity index (χ2n) is 16.6. The number of benzene rings is 9. The number of thiophene rings is 1. The predicted molar refractivity (Wildman–Crippen MR) is 255 cm³/mol. The third kappa shape index (κ3) is 5.54. The number of hydrogen-bond donors (Lipinski definition) is 0. The molecule has 1 aliphatic carbocycles. The molecule has 0 spiro atoms. The number of hydrogen-bond acceptors (Lipinski definition) is 3. The second kappa shape index (κ2) is 13.4. The lowest BCUT2D eigenvalue weighted by Gasteiger charge is -2.23. The molecule has 12 rings (SSSR count). The van der Waals surface area contributed by atoms with E-state index in [-0.39, 0.29) is 5.41 Å². The minimum atomic E-state index is -0.184. The highest BCUT2D eigenvalue weighted by Crippen LogP contribution is 2.52. The average Bonchev–Trinajstić information content (AvgIpc) is 3.80. The summed E-state index contributed by atoms with van der Waals surface area (Å²) in [5.74, 6) is 0.710. The van der Waals surface area contributed by atoms with E-state index < -0.39 is 0 Å². The van der Waals surface area contributed by atoms with Gasteiger partial charge in [-0.15, -0.1) is 11.3 Å². The lowest BCUT2D eigenvalue weighted by molar-refractivity contribution is 0.666. The molecule has 0 saturated heterocycles. The number of aromatic nitrogens is 2. The molecule has 2 nitrogen and oxygen atoms in total. The monoisotopic (exact) mass is 782 g/mol. The van der Waals surface area contributed by atoms with Crippen LogP contribution in [-0.4, -0.2) is 9.97 Å². The van der Waals surface area contributed by atoms with Gasteiger partial charge in [0.05, 0.1) is 11.4 Å². The van der Waals surface area contributed by atoms with Gasteiger partial charge in [-0.3, -0.25) is 0 Å². The van der Waals surface area contributed by atoms with Crippen LogP contribution >= 0.6 is 11.3 Å². The maximum absolute atomic E-state index is 5.38. The van der Waals surface area contributed by atoms with Crippen LogP contribution < -0.4 is 0 Å². The van der Waals surface area contributed by atoms with Crippen molar-refractivity contribution in [2.24, 2.45) is 0 Å². The van der Waals surface area contributed by atoms with Crippen LogP contribution in [0, 0.1) is 0 Å². The highest BCUT2D eigenvalue weighted by atomic mass is 32.1. The van der Waals surface area contributed by atoms with E-state index in [1.807, 2.05) is 17.4 Å². The first-order chi connectivity index (χ1) is 29.5. The summed E-state index contributed by atoms with van der Waals surface area (Å²) in [6.45, 7) is 4.73. The van der Waals surface area contributed by atoms with E-state index >= 15 is 0 Å². The molecule has 0 unspecified atom stereocenters. The van der Waals surface area contributed by atoms with Crippen LogP contribution in [0.1, 0.15) is 25.0 Å². The lowest BCUT2D eigenvalue weighted by Crippen LogP contribution is -2.15. The van der Waals surface area contributed by atoms with Gasteiger partial charge >= 0.3 is 0 Å². The van der Waals surface area contributed by atoms with Gasteiger partial charge in [-0.2, -0.15) is 0 Å². The fraction of sp³-hybridized carbons (Fsp3) is 0.0526. The van der Waals surface area contributed by atoms with E-state index in [1.54, 1.807) is 0 Å². The van der Waals surface area contributed by atoms with Gasteiger partial charge in [0, 0.05) is 42.3 Å². The Hall–Kier alpha value is -7.20. The summed E-state index contributed by atoms with van der Waals surface area (Å²) in [6.07, 6.45) is 0. The first kappa shape index (κ1) is 34.8. The van der Waals surface area contributed by atoms with Gasteiger partial charge in [-0.25, -0.2) is 9.97 Å². The number of nitrogens with zero attached hydrogens (tertiary/aromatic N) is 2. The zero-order valence-electron chi connectivity index (χ0n) is 33.3. The van der Waals surface area contributed by atoms with Crippen molar-refractivity contribution >= 4 is 53.1 Å². The minimum absolute atomic E-state index is 0.184. The smallest absolute Gasteiger partial charge is 0.160 e. The van der Waals surface area contributed by atoms with Crippen LogP contribution in [0.25, 0.3) is 109 Å². The molecule has 2 heterocycles. The van der Waals surface area contributed by atoms with E-state index in [4.69, 9.17) is 9.97 Å². The van der Waals surface area contributed by atoms with E-state index in [9.17, 15) is 0 Å². The molecule has 9 aromatic carbocycles. The summed E-state index contributed by atoms with van der Waals surface area (Å²) in [6, 6.07) is 70.7. The fourth-order valence-electron chi connectivity index (χ4n) is 9.66. The molecule has 0 atom stereocenters. The largest absolute Gasteiger partial charge is 0.228 e. The first-order valence-corrected chi connectivity index (χ1v) is 21.5. The Labute approximate surface area is 353 Å². The van der Waals surface area contributed by atoms with Gasteiger partial charge < -0.3 is 0 Å². The average molecular weight is 783 g/mol. The highest BCUT2D eigenvalue weighted by Gasteiger charge is 2.37. The van der Waals surface area contributed by atoms with Crippen LogP contribution in [0.2, 0.25) is 0 Å². The molecule has 3 heteroatoms. The quantitative estimate of drug-likeness (QED) is 0.174. The van der Waals surface area contributed by atoms with Gasteiger partial charge in [0.2, 0.25) is 0 Å². The molecule has 0 fully saturated rings. The van der Waals surface area contributed by atoms with Gasteiger partial charge in [-0.05, 0) is 109 Å². The second-order valence-corrected chi connectivity index (χ2v) is 17.6. The molecule has 0 radical (unpaired) electrons. The van der Waals surface area contributed by atoms with Crippen LogP contribution in [0.3, 0.4) is 0 Å². The molecule has 11 aromatic rings. The lowest BCUT2D eigenvalue weighted by atomic mass is 9.80. The van der Waals surface area contributed by atoms with Crippen molar-refractivity contribution in [3.05, 3.63) is 205 Å². The molecule has 0 aliphatic heterocycles. The Morgan fingerprint density at radius 3 is 1.90 bits per heavy atom. The Balaban J connectivity index is 1.07. The Bertz CT molecular complexity index is 3520. The number of rotatable bonds is 5. The summed E-state index contributed by atoms with van der Waals surface area (Å²) >= 11 is 1.87. The van der Waals surface area contributed by atoms with Crippen molar-refractivity contribution < 1.29 is 0 Å². The standard InChI is InChI=1S/C57H38N2S/c1-57(2)50-33-40(26-27-46(50)48-28-25-36-14-8-9-18-44(36)54(48)57)51-34-52(59-56(58-51)37-15-4-3-5-16-37)43-31-41(39-24-23-35-13-6-7-17-38(35)29-39)30-42(32-43)45-20-12-21-49-47-19-10-11-22-53(47)60-55(45)49/h3-34H,1-2H3. The molecule has 0 N–H and O–H groups in total. The molecule has 282 valence electrons. The van der Waals surface area contributed by atoms with Crippen molar-refractivity contribution in [2.45, 2.75) is 19.3 Å². The van der Waals surface area contributed by atoms with E-state index in [0.717, 1.165) is 33.6 Å². The normalized spacial score (nSPS) is 13.0. The molecule has 2 aromatic heterocycles. The van der Waals surface area contributed by atoms with Gasteiger partial charge in [0.1, 0.15) is 0 Å². The van der Waals surface area contributed by atoms with E-state index in [2.05, 4.69) is 202 Å². The molecular weight excluding hydrogens is 745 g/mol.